The lowest BCUT2D eigenvalue weighted by atomic mass is 9.82. The summed E-state index contributed by atoms with van der Waals surface area (Å²) in [4.78, 5) is 0. The monoisotopic (exact) mass is 313 g/mol. The van der Waals surface area contributed by atoms with Crippen molar-refractivity contribution in [2.24, 2.45) is 5.92 Å². The third-order valence-corrected chi connectivity index (χ3v) is 6.65. The molecule has 2 fully saturated rings. The van der Waals surface area contributed by atoms with Gasteiger partial charge in [0.05, 0.1) is 11.2 Å². The van der Waals surface area contributed by atoms with Crippen LogP contribution in [0, 0.1) is 5.92 Å². The molecule has 1 aliphatic heterocycles. The second-order valence-corrected chi connectivity index (χ2v) is 9.37. The van der Waals surface area contributed by atoms with Crippen LogP contribution in [-0.2, 0) is 4.74 Å². The molecule has 1 N–H and O–H groups in total. The van der Waals surface area contributed by atoms with E-state index in [2.05, 4.69) is 51.7 Å². The van der Waals surface area contributed by atoms with Gasteiger partial charge in [-0.2, -0.15) is 11.8 Å². The summed E-state index contributed by atoms with van der Waals surface area (Å²) in [6, 6.07) is 0.582. The first-order valence-electron chi connectivity index (χ1n) is 8.89. The molecule has 0 aromatic carbocycles. The highest BCUT2D eigenvalue weighted by molar-refractivity contribution is 7.99. The molecule has 0 aromatic rings. The fourth-order valence-electron chi connectivity index (χ4n) is 4.28. The zero-order valence-corrected chi connectivity index (χ0v) is 15.5. The molecular formula is C18H35NOS. The Hall–Kier alpha value is 0.270. The minimum atomic E-state index is -0.0105. The zero-order valence-electron chi connectivity index (χ0n) is 14.7. The Labute approximate surface area is 136 Å². The molecule has 0 aromatic heterocycles. The second-order valence-electron chi connectivity index (χ2n) is 8.03. The summed E-state index contributed by atoms with van der Waals surface area (Å²) < 4.78 is 6.32. The standard InChI is InChI=1S/C18H35NOS/c1-6-19-16(13-21-14-10-8-7-9-11-14)15-12-17(2,3)20-18(15,4)5/h14-16,19H,6-13H2,1-5H3. The van der Waals surface area contributed by atoms with E-state index in [1.54, 1.807) is 0 Å². The smallest absolute Gasteiger partial charge is 0.0678 e. The summed E-state index contributed by atoms with van der Waals surface area (Å²) in [5.41, 5.74) is 0.0147. The predicted octanol–water partition coefficient (Wildman–Crippen LogP) is 4.62. The first-order chi connectivity index (χ1) is 9.84. The zero-order chi connectivity index (χ0) is 15.5. The van der Waals surface area contributed by atoms with Crippen LogP contribution in [0.25, 0.3) is 0 Å². The van der Waals surface area contributed by atoms with Gasteiger partial charge in [0, 0.05) is 23.0 Å². The maximum Gasteiger partial charge on any atom is 0.0678 e. The normalized spacial score (nSPS) is 30.4. The van der Waals surface area contributed by atoms with E-state index in [1.165, 1.54) is 44.3 Å². The molecule has 1 heterocycles. The average Bonchev–Trinajstić information content (AvgIpc) is 2.63. The Morgan fingerprint density at radius 1 is 1.14 bits per heavy atom. The van der Waals surface area contributed by atoms with Gasteiger partial charge >= 0.3 is 0 Å². The van der Waals surface area contributed by atoms with Crippen molar-refractivity contribution < 1.29 is 4.74 Å². The molecule has 0 radical (unpaired) electrons. The maximum atomic E-state index is 6.32. The van der Waals surface area contributed by atoms with Gasteiger partial charge in [-0.3, -0.25) is 0 Å². The SMILES string of the molecule is CCNC(CSC1CCCCC1)C1CC(C)(C)OC1(C)C. The van der Waals surface area contributed by atoms with Crippen LogP contribution >= 0.6 is 11.8 Å². The van der Waals surface area contributed by atoms with E-state index < -0.39 is 0 Å². The van der Waals surface area contributed by atoms with Crippen LogP contribution in [0.3, 0.4) is 0 Å². The van der Waals surface area contributed by atoms with Crippen LogP contribution in [0.2, 0.25) is 0 Å². The van der Waals surface area contributed by atoms with E-state index in [0.29, 0.717) is 12.0 Å². The Morgan fingerprint density at radius 2 is 1.81 bits per heavy atom. The molecule has 2 atom stereocenters. The third-order valence-electron chi connectivity index (χ3n) is 5.16. The second kappa shape index (κ2) is 7.23. The predicted molar refractivity (Wildman–Crippen MR) is 94.1 cm³/mol. The minimum Gasteiger partial charge on any atom is -0.369 e. The minimum absolute atomic E-state index is 0.0105. The van der Waals surface area contributed by atoms with Crippen LogP contribution in [-0.4, -0.2) is 34.8 Å². The molecule has 0 spiro atoms. The van der Waals surface area contributed by atoms with Crippen LogP contribution in [0.4, 0.5) is 0 Å². The van der Waals surface area contributed by atoms with E-state index in [4.69, 9.17) is 4.74 Å². The Bertz CT molecular complexity index is 323. The van der Waals surface area contributed by atoms with Gasteiger partial charge in [-0.15, -0.1) is 0 Å². The topological polar surface area (TPSA) is 21.3 Å². The van der Waals surface area contributed by atoms with Crippen LogP contribution in [0.15, 0.2) is 0 Å². The van der Waals surface area contributed by atoms with Crippen LogP contribution in [0.5, 0.6) is 0 Å². The molecule has 124 valence electrons. The Kier molecular flexibility index (Phi) is 6.07. The summed E-state index contributed by atoms with van der Waals surface area (Å²) >= 11 is 2.22. The molecule has 2 unspecified atom stereocenters. The lowest BCUT2D eigenvalue weighted by Crippen LogP contribution is -2.46. The highest BCUT2D eigenvalue weighted by Gasteiger charge is 2.48. The van der Waals surface area contributed by atoms with Crippen LogP contribution in [0.1, 0.15) is 73.1 Å². The molecule has 2 rings (SSSR count). The molecule has 1 saturated heterocycles. The molecule has 3 heteroatoms. The van der Waals surface area contributed by atoms with E-state index in [1.807, 2.05) is 0 Å². The van der Waals surface area contributed by atoms with Gasteiger partial charge in [0.2, 0.25) is 0 Å². The van der Waals surface area contributed by atoms with Crippen molar-refractivity contribution in [2.75, 3.05) is 12.3 Å². The molecule has 21 heavy (non-hydrogen) atoms. The molecule has 2 aliphatic rings. The van der Waals surface area contributed by atoms with Crippen molar-refractivity contribution in [3.63, 3.8) is 0 Å². The fourth-order valence-corrected chi connectivity index (χ4v) is 5.78. The van der Waals surface area contributed by atoms with Gasteiger partial charge in [0.15, 0.2) is 0 Å². The highest BCUT2D eigenvalue weighted by atomic mass is 32.2. The number of thioether (sulfide) groups is 1. The summed E-state index contributed by atoms with van der Waals surface area (Å²) in [5.74, 6) is 1.86. The fraction of sp³-hybridized carbons (Fsp3) is 1.00. The first kappa shape index (κ1) is 17.6. The molecule has 2 nitrogen and oxygen atoms in total. The van der Waals surface area contributed by atoms with Crippen molar-refractivity contribution in [1.29, 1.82) is 0 Å². The summed E-state index contributed by atoms with van der Waals surface area (Å²) in [6.45, 7) is 12.3. The van der Waals surface area contributed by atoms with E-state index in [-0.39, 0.29) is 11.2 Å². The van der Waals surface area contributed by atoms with Gasteiger partial charge in [-0.1, -0.05) is 26.2 Å². The van der Waals surface area contributed by atoms with E-state index in [9.17, 15) is 0 Å². The number of nitrogens with one attached hydrogen (secondary N) is 1. The van der Waals surface area contributed by atoms with Crippen molar-refractivity contribution in [1.82, 2.24) is 5.32 Å². The Balaban J connectivity index is 1.94. The number of rotatable bonds is 6. The van der Waals surface area contributed by atoms with Gasteiger partial charge in [-0.05, 0) is 53.5 Å². The Morgan fingerprint density at radius 3 is 2.33 bits per heavy atom. The van der Waals surface area contributed by atoms with Crippen molar-refractivity contribution in [3.8, 4) is 0 Å². The van der Waals surface area contributed by atoms with Gasteiger partial charge in [-0.25, -0.2) is 0 Å². The van der Waals surface area contributed by atoms with Gasteiger partial charge in [0.1, 0.15) is 0 Å². The number of hydrogen-bond donors (Lipinski definition) is 1. The molecule has 0 amide bonds. The molecule has 1 aliphatic carbocycles. The van der Waals surface area contributed by atoms with Gasteiger partial charge in [0.25, 0.3) is 0 Å². The lowest BCUT2D eigenvalue weighted by Gasteiger charge is -2.34. The third kappa shape index (κ3) is 4.87. The van der Waals surface area contributed by atoms with E-state index in [0.717, 1.165) is 11.8 Å². The van der Waals surface area contributed by atoms with E-state index >= 15 is 0 Å². The summed E-state index contributed by atoms with van der Waals surface area (Å²) in [7, 11) is 0. The summed E-state index contributed by atoms with van der Waals surface area (Å²) in [6.07, 6.45) is 8.36. The first-order valence-corrected chi connectivity index (χ1v) is 9.94. The maximum absolute atomic E-state index is 6.32. The highest BCUT2D eigenvalue weighted by Crippen LogP contribution is 2.44. The summed E-state index contributed by atoms with van der Waals surface area (Å²) in [5, 5.41) is 4.66. The number of hydrogen-bond acceptors (Lipinski definition) is 3. The lowest BCUT2D eigenvalue weighted by molar-refractivity contribution is -0.0769. The van der Waals surface area contributed by atoms with Crippen molar-refractivity contribution in [2.45, 2.75) is 95.6 Å². The van der Waals surface area contributed by atoms with Crippen molar-refractivity contribution in [3.05, 3.63) is 0 Å². The molecule has 1 saturated carbocycles. The largest absolute Gasteiger partial charge is 0.369 e. The van der Waals surface area contributed by atoms with Crippen molar-refractivity contribution >= 4 is 11.8 Å². The quantitative estimate of drug-likeness (QED) is 0.773. The number of ether oxygens (including phenoxy) is 1. The molecule has 0 bridgehead atoms. The van der Waals surface area contributed by atoms with Gasteiger partial charge < -0.3 is 10.1 Å². The molecular weight excluding hydrogens is 278 g/mol. The average molecular weight is 314 g/mol. The van der Waals surface area contributed by atoms with Crippen LogP contribution < -0.4 is 5.32 Å².